The van der Waals surface area contributed by atoms with E-state index in [1.807, 2.05) is 12.3 Å². The van der Waals surface area contributed by atoms with Crippen LogP contribution in [0.3, 0.4) is 0 Å². The summed E-state index contributed by atoms with van der Waals surface area (Å²) in [7, 11) is 0. The van der Waals surface area contributed by atoms with Gasteiger partial charge in [-0.25, -0.2) is 4.98 Å². The number of nitrogens with zero attached hydrogens (tertiary/aromatic N) is 1. The number of thiazole rings is 1. The van der Waals surface area contributed by atoms with Crippen molar-refractivity contribution in [3.05, 3.63) is 28.6 Å². The molecule has 0 amide bonds. The molecule has 2 rings (SSSR count). The topological polar surface area (TPSA) is 48.1 Å². The summed E-state index contributed by atoms with van der Waals surface area (Å²) in [6.45, 7) is 6.80. The number of benzene rings is 1. The van der Waals surface area contributed by atoms with Crippen LogP contribution in [0.4, 0.5) is 5.13 Å². The third-order valence-electron chi connectivity index (χ3n) is 2.69. The highest BCUT2D eigenvalue weighted by molar-refractivity contribution is 7.13. The maximum absolute atomic E-state index is 5.67. The fourth-order valence-corrected chi connectivity index (χ4v) is 2.24. The Kier molecular flexibility index (Phi) is 3.33. The Morgan fingerprint density at radius 3 is 2.59 bits per heavy atom. The normalized spacial score (nSPS) is 10.5. The van der Waals surface area contributed by atoms with Gasteiger partial charge in [-0.1, -0.05) is 0 Å². The average molecular weight is 248 g/mol. The molecule has 0 atom stereocenters. The molecule has 0 aliphatic carbocycles. The minimum atomic E-state index is 0.584. The summed E-state index contributed by atoms with van der Waals surface area (Å²) in [4.78, 5) is 4.31. The molecule has 0 saturated carbocycles. The second kappa shape index (κ2) is 4.75. The first kappa shape index (κ1) is 11.9. The van der Waals surface area contributed by atoms with Gasteiger partial charge in [-0.3, -0.25) is 0 Å². The van der Waals surface area contributed by atoms with E-state index >= 15 is 0 Å². The monoisotopic (exact) mass is 248 g/mol. The summed E-state index contributed by atoms with van der Waals surface area (Å²) in [5.41, 5.74) is 10.0. The van der Waals surface area contributed by atoms with E-state index in [4.69, 9.17) is 10.5 Å². The molecule has 90 valence electrons. The Morgan fingerprint density at radius 2 is 2.00 bits per heavy atom. The number of anilines is 1. The van der Waals surface area contributed by atoms with Crippen LogP contribution in [0.15, 0.2) is 17.5 Å². The molecule has 0 aliphatic heterocycles. The maximum atomic E-state index is 5.67. The fraction of sp³-hybridized carbons (Fsp3) is 0.308. The molecular formula is C13H16N2OS. The second-order valence-electron chi connectivity index (χ2n) is 3.94. The van der Waals surface area contributed by atoms with Crippen LogP contribution < -0.4 is 10.5 Å². The van der Waals surface area contributed by atoms with Crippen molar-refractivity contribution >= 4 is 16.5 Å². The zero-order valence-electron chi connectivity index (χ0n) is 10.3. The number of hydrogen-bond donors (Lipinski definition) is 1. The van der Waals surface area contributed by atoms with Crippen LogP contribution >= 0.6 is 11.3 Å². The van der Waals surface area contributed by atoms with Crippen LogP contribution in [0.5, 0.6) is 5.75 Å². The largest absolute Gasteiger partial charge is 0.493 e. The van der Waals surface area contributed by atoms with Crippen LogP contribution in [0.1, 0.15) is 18.1 Å². The molecule has 3 nitrogen and oxygen atoms in total. The van der Waals surface area contributed by atoms with Gasteiger partial charge in [0.1, 0.15) is 5.75 Å². The third-order valence-corrected chi connectivity index (χ3v) is 3.37. The number of aryl methyl sites for hydroxylation is 2. The molecule has 2 N–H and O–H groups in total. The summed E-state index contributed by atoms with van der Waals surface area (Å²) in [6, 6.07) is 4.17. The van der Waals surface area contributed by atoms with Gasteiger partial charge in [-0.05, 0) is 44.0 Å². The van der Waals surface area contributed by atoms with Crippen LogP contribution in [-0.4, -0.2) is 11.6 Å². The minimum absolute atomic E-state index is 0.584. The molecule has 0 bridgehead atoms. The van der Waals surface area contributed by atoms with Gasteiger partial charge in [-0.2, -0.15) is 0 Å². The maximum Gasteiger partial charge on any atom is 0.180 e. The number of nitrogen functional groups attached to an aromatic ring is 1. The van der Waals surface area contributed by atoms with Gasteiger partial charge < -0.3 is 10.5 Å². The van der Waals surface area contributed by atoms with Crippen molar-refractivity contribution in [3.8, 4) is 17.0 Å². The third kappa shape index (κ3) is 2.42. The van der Waals surface area contributed by atoms with Gasteiger partial charge >= 0.3 is 0 Å². The highest BCUT2D eigenvalue weighted by atomic mass is 32.1. The van der Waals surface area contributed by atoms with Gasteiger partial charge in [-0.15, -0.1) is 11.3 Å². The Morgan fingerprint density at radius 1 is 1.29 bits per heavy atom. The lowest BCUT2D eigenvalue weighted by Crippen LogP contribution is -1.96. The number of hydrogen-bond acceptors (Lipinski definition) is 4. The molecule has 0 radical (unpaired) electrons. The second-order valence-corrected chi connectivity index (χ2v) is 4.83. The molecule has 1 aromatic carbocycles. The van der Waals surface area contributed by atoms with E-state index in [0.29, 0.717) is 11.7 Å². The van der Waals surface area contributed by atoms with E-state index in [2.05, 4.69) is 31.0 Å². The number of rotatable bonds is 3. The average Bonchev–Trinajstić information content (AvgIpc) is 2.70. The molecule has 0 fully saturated rings. The Labute approximate surface area is 105 Å². The zero-order valence-corrected chi connectivity index (χ0v) is 11.1. The molecule has 4 heteroatoms. The molecule has 1 heterocycles. The standard InChI is InChI=1S/C13H16N2OS/c1-4-16-12-6-9(3)8(2)5-10(12)11-7-17-13(14)15-11/h5-7H,4H2,1-3H3,(H2,14,15). The van der Waals surface area contributed by atoms with E-state index in [1.54, 1.807) is 0 Å². The fourth-order valence-electron chi connectivity index (χ4n) is 1.68. The number of nitrogens with two attached hydrogens (primary N) is 1. The highest BCUT2D eigenvalue weighted by Gasteiger charge is 2.11. The van der Waals surface area contributed by atoms with Gasteiger partial charge in [0.2, 0.25) is 0 Å². The zero-order chi connectivity index (χ0) is 12.4. The van der Waals surface area contributed by atoms with Crippen molar-refractivity contribution in [2.45, 2.75) is 20.8 Å². The minimum Gasteiger partial charge on any atom is -0.493 e. The lowest BCUT2D eigenvalue weighted by atomic mass is 10.0. The molecule has 1 aromatic heterocycles. The van der Waals surface area contributed by atoms with Crippen LogP contribution in [0.2, 0.25) is 0 Å². The first-order valence-corrected chi connectivity index (χ1v) is 6.45. The smallest absolute Gasteiger partial charge is 0.180 e. The number of ether oxygens (including phenoxy) is 1. The molecule has 0 aliphatic rings. The predicted molar refractivity (Wildman–Crippen MR) is 72.6 cm³/mol. The van der Waals surface area contributed by atoms with Crippen molar-refractivity contribution in [2.75, 3.05) is 12.3 Å². The highest BCUT2D eigenvalue weighted by Crippen LogP contribution is 2.33. The van der Waals surface area contributed by atoms with Gasteiger partial charge in [0.25, 0.3) is 0 Å². The van der Waals surface area contributed by atoms with E-state index in [1.165, 1.54) is 22.5 Å². The van der Waals surface area contributed by atoms with E-state index < -0.39 is 0 Å². The van der Waals surface area contributed by atoms with Crippen molar-refractivity contribution < 1.29 is 4.74 Å². The van der Waals surface area contributed by atoms with Crippen molar-refractivity contribution in [2.24, 2.45) is 0 Å². The summed E-state index contributed by atoms with van der Waals surface area (Å²) >= 11 is 1.45. The predicted octanol–water partition coefficient (Wildman–Crippen LogP) is 3.41. The summed E-state index contributed by atoms with van der Waals surface area (Å²) < 4.78 is 5.66. The molecular weight excluding hydrogens is 232 g/mol. The van der Waals surface area contributed by atoms with E-state index in [9.17, 15) is 0 Å². The Bertz CT molecular complexity index is 534. The van der Waals surface area contributed by atoms with E-state index in [0.717, 1.165) is 17.0 Å². The molecule has 0 unspecified atom stereocenters. The number of aromatic nitrogens is 1. The molecule has 2 aromatic rings. The van der Waals surface area contributed by atoms with Crippen LogP contribution in [-0.2, 0) is 0 Å². The Hall–Kier alpha value is -1.55. The van der Waals surface area contributed by atoms with Gasteiger partial charge in [0.05, 0.1) is 12.3 Å². The lowest BCUT2D eigenvalue weighted by Gasteiger charge is -2.11. The van der Waals surface area contributed by atoms with Crippen LogP contribution in [0.25, 0.3) is 11.3 Å². The lowest BCUT2D eigenvalue weighted by molar-refractivity contribution is 0.341. The molecule has 0 saturated heterocycles. The quantitative estimate of drug-likeness (QED) is 0.905. The SMILES string of the molecule is CCOc1cc(C)c(C)cc1-c1csc(N)n1. The van der Waals surface area contributed by atoms with Gasteiger partial charge in [0, 0.05) is 10.9 Å². The first-order valence-electron chi connectivity index (χ1n) is 5.57. The van der Waals surface area contributed by atoms with Crippen molar-refractivity contribution in [3.63, 3.8) is 0 Å². The van der Waals surface area contributed by atoms with Crippen molar-refractivity contribution in [1.29, 1.82) is 0 Å². The van der Waals surface area contributed by atoms with Crippen molar-refractivity contribution in [1.82, 2.24) is 4.98 Å². The summed E-state index contributed by atoms with van der Waals surface area (Å²) in [6.07, 6.45) is 0. The molecule has 0 spiro atoms. The summed E-state index contributed by atoms with van der Waals surface area (Å²) in [5.74, 6) is 0.876. The summed E-state index contributed by atoms with van der Waals surface area (Å²) in [5, 5.41) is 2.54. The Balaban J connectivity index is 2.54. The van der Waals surface area contributed by atoms with E-state index in [-0.39, 0.29) is 0 Å². The van der Waals surface area contributed by atoms with Crippen LogP contribution in [0, 0.1) is 13.8 Å². The first-order chi connectivity index (χ1) is 8.11. The van der Waals surface area contributed by atoms with Gasteiger partial charge in [0.15, 0.2) is 5.13 Å². The molecule has 17 heavy (non-hydrogen) atoms.